The molecule has 1 saturated heterocycles. The number of nitrogens with zero attached hydrogens (tertiary/aromatic N) is 2. The number of rotatable bonds is 2. The van der Waals surface area contributed by atoms with E-state index >= 15 is 0 Å². The van der Waals surface area contributed by atoms with Gasteiger partial charge in [0.25, 0.3) is 0 Å². The minimum Gasteiger partial charge on any atom is -0.373 e. The molecule has 2 aliphatic rings. The fourth-order valence-electron chi connectivity index (χ4n) is 3.43. The van der Waals surface area contributed by atoms with Crippen molar-refractivity contribution in [3.05, 3.63) is 29.0 Å². The number of aromatic nitrogens is 2. The minimum atomic E-state index is -0.322. The summed E-state index contributed by atoms with van der Waals surface area (Å²) >= 11 is 3.45. The number of hydrogen-bond donors (Lipinski definition) is 2. The lowest BCUT2D eigenvalue weighted by Crippen LogP contribution is -2.52. The molecule has 22 heavy (non-hydrogen) atoms. The van der Waals surface area contributed by atoms with Crippen LogP contribution in [0.15, 0.2) is 29.0 Å². The summed E-state index contributed by atoms with van der Waals surface area (Å²) in [5.74, 6) is 1.06. The number of nitrogens with one attached hydrogen (secondary N) is 2. The molecule has 6 nitrogen and oxygen atoms in total. The molecule has 1 aliphatic carbocycles. The van der Waals surface area contributed by atoms with Gasteiger partial charge in [-0.15, -0.1) is 0 Å². The molecule has 1 saturated carbocycles. The van der Waals surface area contributed by atoms with Crippen molar-refractivity contribution in [2.75, 3.05) is 11.9 Å². The first-order valence-electron chi connectivity index (χ1n) is 7.28. The SMILES string of the molecule is CC1(C)OCC2CC21NC(=O)Nc1cnc2c(Br)cccn12. The number of amides is 2. The predicted molar refractivity (Wildman–Crippen MR) is 85.9 cm³/mol. The third-order valence-electron chi connectivity index (χ3n) is 4.89. The highest BCUT2D eigenvalue weighted by Crippen LogP contribution is 2.57. The van der Waals surface area contributed by atoms with E-state index in [1.807, 2.05) is 36.6 Å². The Hall–Kier alpha value is -1.60. The van der Waals surface area contributed by atoms with Crippen molar-refractivity contribution in [2.45, 2.75) is 31.4 Å². The van der Waals surface area contributed by atoms with Crippen LogP contribution in [-0.2, 0) is 4.74 Å². The molecule has 4 rings (SSSR count). The fourth-order valence-corrected chi connectivity index (χ4v) is 3.87. The Balaban J connectivity index is 1.54. The van der Waals surface area contributed by atoms with Crippen molar-refractivity contribution in [1.82, 2.24) is 14.7 Å². The van der Waals surface area contributed by atoms with Crippen LogP contribution in [0.4, 0.5) is 10.6 Å². The molecule has 2 atom stereocenters. The normalized spacial score (nSPS) is 28.4. The van der Waals surface area contributed by atoms with E-state index in [9.17, 15) is 4.79 Å². The first-order chi connectivity index (χ1) is 10.4. The summed E-state index contributed by atoms with van der Waals surface area (Å²) in [6.07, 6.45) is 4.49. The van der Waals surface area contributed by atoms with Crippen LogP contribution in [0, 0.1) is 5.92 Å². The molecule has 0 spiro atoms. The van der Waals surface area contributed by atoms with Crippen molar-refractivity contribution in [3.63, 3.8) is 0 Å². The van der Waals surface area contributed by atoms with Gasteiger partial charge in [-0.05, 0) is 48.3 Å². The van der Waals surface area contributed by atoms with Gasteiger partial charge < -0.3 is 10.1 Å². The maximum absolute atomic E-state index is 12.4. The van der Waals surface area contributed by atoms with E-state index in [1.165, 1.54) is 0 Å². The van der Waals surface area contributed by atoms with Crippen LogP contribution in [0.2, 0.25) is 0 Å². The van der Waals surface area contributed by atoms with Crippen LogP contribution in [0.1, 0.15) is 20.3 Å². The van der Waals surface area contributed by atoms with E-state index in [4.69, 9.17) is 4.74 Å². The average Bonchev–Trinajstić information content (AvgIpc) is 2.93. The Morgan fingerprint density at radius 1 is 1.55 bits per heavy atom. The Kier molecular flexibility index (Phi) is 2.84. The first-order valence-corrected chi connectivity index (χ1v) is 8.07. The van der Waals surface area contributed by atoms with Gasteiger partial charge in [-0.1, -0.05) is 0 Å². The molecule has 2 amide bonds. The third-order valence-corrected chi connectivity index (χ3v) is 5.51. The zero-order chi connectivity index (χ0) is 15.5. The number of carbonyl (C=O) groups excluding carboxylic acids is 1. The van der Waals surface area contributed by atoms with E-state index in [-0.39, 0.29) is 17.2 Å². The molecule has 7 heteroatoms. The maximum Gasteiger partial charge on any atom is 0.320 e. The largest absolute Gasteiger partial charge is 0.373 e. The molecule has 2 unspecified atom stereocenters. The van der Waals surface area contributed by atoms with E-state index in [2.05, 4.69) is 31.5 Å². The molecular formula is C15H17BrN4O2. The summed E-state index contributed by atoms with van der Waals surface area (Å²) in [5, 5.41) is 5.99. The highest BCUT2D eigenvalue weighted by atomic mass is 79.9. The summed E-state index contributed by atoms with van der Waals surface area (Å²) in [7, 11) is 0. The van der Waals surface area contributed by atoms with E-state index in [1.54, 1.807) is 6.20 Å². The zero-order valence-electron chi connectivity index (χ0n) is 12.4. The van der Waals surface area contributed by atoms with Gasteiger partial charge in [-0.3, -0.25) is 9.72 Å². The number of fused-ring (bicyclic) bond motifs is 2. The van der Waals surface area contributed by atoms with Crippen LogP contribution in [-0.4, -0.2) is 33.2 Å². The van der Waals surface area contributed by atoms with Crippen LogP contribution in [0.3, 0.4) is 0 Å². The standard InChI is InChI=1S/C15H17BrN4O2/c1-14(2)15(6-9(15)8-22-14)19-13(21)18-11-7-17-12-10(16)4-3-5-20(11)12/h3-5,7,9H,6,8H2,1-2H3,(H2,18,19,21). The van der Waals surface area contributed by atoms with Gasteiger partial charge in [0.2, 0.25) is 0 Å². The number of hydrogen-bond acceptors (Lipinski definition) is 3. The average molecular weight is 365 g/mol. The summed E-state index contributed by atoms with van der Waals surface area (Å²) in [4.78, 5) is 16.7. The molecule has 0 aromatic carbocycles. The molecule has 2 fully saturated rings. The van der Waals surface area contributed by atoms with Gasteiger partial charge in [0.05, 0.1) is 28.4 Å². The van der Waals surface area contributed by atoms with Crippen molar-refractivity contribution in [2.24, 2.45) is 5.92 Å². The van der Waals surface area contributed by atoms with Gasteiger partial charge in [0.15, 0.2) is 5.65 Å². The molecule has 116 valence electrons. The second-order valence-electron chi connectivity index (χ2n) is 6.47. The number of pyridine rings is 1. The number of halogens is 1. The lowest BCUT2D eigenvalue weighted by atomic mass is 9.96. The fraction of sp³-hybridized carbons (Fsp3) is 0.467. The number of urea groups is 1. The van der Waals surface area contributed by atoms with Crippen LogP contribution < -0.4 is 10.6 Å². The zero-order valence-corrected chi connectivity index (χ0v) is 14.0. The molecular weight excluding hydrogens is 348 g/mol. The van der Waals surface area contributed by atoms with Crippen molar-refractivity contribution in [3.8, 4) is 0 Å². The number of ether oxygens (including phenoxy) is 1. The third kappa shape index (κ3) is 1.88. The highest BCUT2D eigenvalue weighted by molar-refractivity contribution is 9.10. The van der Waals surface area contributed by atoms with E-state index in [0.29, 0.717) is 11.7 Å². The number of carbonyl (C=O) groups is 1. The Morgan fingerprint density at radius 2 is 2.36 bits per heavy atom. The monoisotopic (exact) mass is 364 g/mol. The Morgan fingerprint density at radius 3 is 3.05 bits per heavy atom. The van der Waals surface area contributed by atoms with Crippen LogP contribution in [0.5, 0.6) is 0 Å². The summed E-state index contributed by atoms with van der Waals surface area (Å²) < 4.78 is 8.48. The second-order valence-corrected chi connectivity index (χ2v) is 7.32. The van der Waals surface area contributed by atoms with Gasteiger partial charge in [0.1, 0.15) is 5.82 Å². The molecule has 0 radical (unpaired) electrons. The van der Waals surface area contributed by atoms with Gasteiger partial charge in [0, 0.05) is 12.1 Å². The van der Waals surface area contributed by atoms with Crippen molar-refractivity contribution < 1.29 is 9.53 Å². The molecule has 0 bridgehead atoms. The minimum absolute atomic E-state index is 0.220. The van der Waals surface area contributed by atoms with Crippen LogP contribution in [0.25, 0.3) is 5.65 Å². The summed E-state index contributed by atoms with van der Waals surface area (Å²) in [6.45, 7) is 4.78. The number of anilines is 1. The smallest absolute Gasteiger partial charge is 0.320 e. The van der Waals surface area contributed by atoms with Crippen LogP contribution >= 0.6 is 15.9 Å². The number of imidazole rings is 1. The first kappa shape index (κ1) is 14.0. The second kappa shape index (κ2) is 4.45. The molecule has 1 aliphatic heterocycles. The van der Waals surface area contributed by atoms with E-state index in [0.717, 1.165) is 23.1 Å². The van der Waals surface area contributed by atoms with E-state index < -0.39 is 0 Å². The Bertz CT molecular complexity index is 772. The topological polar surface area (TPSA) is 67.7 Å². The Labute approximate surface area is 136 Å². The van der Waals surface area contributed by atoms with Crippen molar-refractivity contribution >= 4 is 33.4 Å². The van der Waals surface area contributed by atoms with Gasteiger partial charge in [-0.25, -0.2) is 9.78 Å². The predicted octanol–water partition coefficient (Wildman–Crippen LogP) is 2.79. The molecule has 2 N–H and O–H groups in total. The maximum atomic E-state index is 12.4. The molecule has 2 aromatic rings. The quantitative estimate of drug-likeness (QED) is 0.860. The summed E-state index contributed by atoms with van der Waals surface area (Å²) in [5.41, 5.74) is 0.208. The highest BCUT2D eigenvalue weighted by Gasteiger charge is 2.69. The lowest BCUT2D eigenvalue weighted by molar-refractivity contribution is -0.00667. The molecule has 2 aromatic heterocycles. The van der Waals surface area contributed by atoms with Gasteiger partial charge in [-0.2, -0.15) is 0 Å². The summed E-state index contributed by atoms with van der Waals surface area (Å²) in [6, 6.07) is 3.59. The van der Waals surface area contributed by atoms with Crippen molar-refractivity contribution in [1.29, 1.82) is 0 Å². The molecule has 3 heterocycles. The van der Waals surface area contributed by atoms with Gasteiger partial charge >= 0.3 is 6.03 Å². The lowest BCUT2D eigenvalue weighted by Gasteiger charge is -2.30.